The first-order valence-corrected chi connectivity index (χ1v) is 6.22. The molecule has 0 radical (unpaired) electrons. The van der Waals surface area contributed by atoms with Crippen molar-refractivity contribution in [2.75, 3.05) is 11.9 Å². The molecule has 1 saturated carbocycles. The van der Waals surface area contributed by atoms with Crippen LogP contribution < -0.4 is 5.32 Å². The molecule has 102 valence electrons. The highest BCUT2D eigenvalue weighted by atomic mass is 35.5. The highest BCUT2D eigenvalue weighted by Gasteiger charge is 2.50. The molecule has 0 aromatic heterocycles. The molecule has 0 heterocycles. The molecule has 1 aromatic rings. The number of aliphatic carboxylic acids is 1. The van der Waals surface area contributed by atoms with Gasteiger partial charge in [-0.3, -0.25) is 14.9 Å². The number of nitro groups is 1. The molecule has 1 fully saturated rings. The summed E-state index contributed by atoms with van der Waals surface area (Å²) >= 11 is 11.5. The zero-order valence-corrected chi connectivity index (χ0v) is 11.2. The van der Waals surface area contributed by atoms with Crippen molar-refractivity contribution < 1.29 is 14.8 Å². The summed E-state index contributed by atoms with van der Waals surface area (Å²) in [7, 11) is 0. The first-order chi connectivity index (χ1) is 8.85. The van der Waals surface area contributed by atoms with E-state index >= 15 is 0 Å². The lowest BCUT2D eigenvalue weighted by atomic mass is 10.1. The lowest BCUT2D eigenvalue weighted by molar-refractivity contribution is -0.383. The van der Waals surface area contributed by atoms with E-state index < -0.39 is 16.3 Å². The molecule has 0 saturated heterocycles. The molecular formula is C11H10Cl2N2O4. The maximum absolute atomic E-state index is 11.0. The lowest BCUT2D eigenvalue weighted by Crippen LogP contribution is -2.24. The maximum Gasteiger partial charge on any atom is 0.311 e. The van der Waals surface area contributed by atoms with Gasteiger partial charge in [0.2, 0.25) is 0 Å². The predicted octanol–water partition coefficient (Wildman–Crippen LogP) is 3.18. The Morgan fingerprint density at radius 2 is 2.00 bits per heavy atom. The van der Waals surface area contributed by atoms with E-state index in [4.69, 9.17) is 28.3 Å². The molecular weight excluding hydrogens is 295 g/mol. The molecule has 1 aliphatic carbocycles. The molecule has 0 atom stereocenters. The second-order valence-corrected chi connectivity index (χ2v) is 5.29. The first-order valence-electron chi connectivity index (χ1n) is 5.46. The summed E-state index contributed by atoms with van der Waals surface area (Å²) in [5.74, 6) is -0.900. The first kappa shape index (κ1) is 13.9. The third-order valence-electron chi connectivity index (χ3n) is 3.16. The molecule has 2 N–H and O–H groups in total. The monoisotopic (exact) mass is 304 g/mol. The summed E-state index contributed by atoms with van der Waals surface area (Å²) in [6, 6.07) is 2.48. The van der Waals surface area contributed by atoms with Crippen molar-refractivity contribution in [3.05, 3.63) is 32.3 Å². The second kappa shape index (κ2) is 4.86. The van der Waals surface area contributed by atoms with Crippen molar-refractivity contribution in [1.82, 2.24) is 0 Å². The summed E-state index contributed by atoms with van der Waals surface area (Å²) in [4.78, 5) is 21.3. The fourth-order valence-corrected chi connectivity index (χ4v) is 2.03. The number of rotatable bonds is 5. The highest BCUT2D eigenvalue weighted by Crippen LogP contribution is 2.46. The van der Waals surface area contributed by atoms with Crippen molar-refractivity contribution >= 4 is 40.5 Å². The predicted molar refractivity (Wildman–Crippen MR) is 70.9 cm³/mol. The molecule has 2 rings (SSSR count). The normalized spacial score (nSPS) is 15.9. The Bertz CT molecular complexity index is 558. The zero-order chi connectivity index (χ0) is 14.2. The fraction of sp³-hybridized carbons (Fsp3) is 0.364. The number of benzene rings is 1. The largest absolute Gasteiger partial charge is 0.481 e. The van der Waals surface area contributed by atoms with Crippen LogP contribution in [0.3, 0.4) is 0 Å². The van der Waals surface area contributed by atoms with Crippen LogP contribution in [0.25, 0.3) is 0 Å². The summed E-state index contributed by atoms with van der Waals surface area (Å²) in [6.07, 6.45) is 1.12. The Morgan fingerprint density at radius 1 is 1.42 bits per heavy atom. The zero-order valence-electron chi connectivity index (χ0n) is 9.65. The van der Waals surface area contributed by atoms with Crippen LogP contribution in [0.5, 0.6) is 0 Å². The van der Waals surface area contributed by atoms with Gasteiger partial charge in [-0.05, 0) is 18.9 Å². The van der Waals surface area contributed by atoms with Gasteiger partial charge in [0.25, 0.3) is 5.69 Å². The number of anilines is 1. The number of nitro benzene ring substituents is 1. The van der Waals surface area contributed by atoms with E-state index in [2.05, 4.69) is 5.32 Å². The lowest BCUT2D eigenvalue weighted by Gasteiger charge is -2.13. The molecule has 0 spiro atoms. The Labute approximate surface area is 118 Å². The van der Waals surface area contributed by atoms with Gasteiger partial charge in [0.05, 0.1) is 20.4 Å². The summed E-state index contributed by atoms with van der Waals surface area (Å²) in [6.45, 7) is 0.126. The SMILES string of the molecule is O=C(O)C1(CNc2cc(Cl)c(Cl)cc2[N+](=O)[O-])CC1. The van der Waals surface area contributed by atoms with Gasteiger partial charge in [-0.15, -0.1) is 0 Å². The number of hydrogen-bond acceptors (Lipinski definition) is 4. The number of nitrogens with zero attached hydrogens (tertiary/aromatic N) is 1. The minimum atomic E-state index is -0.900. The van der Waals surface area contributed by atoms with Crippen molar-refractivity contribution in [2.24, 2.45) is 5.41 Å². The standard InChI is InChI=1S/C11H10Cl2N2O4/c12-6-3-8(9(15(18)19)4-7(6)13)14-5-11(1-2-11)10(16)17/h3-4,14H,1-2,5H2,(H,16,17). The van der Waals surface area contributed by atoms with E-state index in [-0.39, 0.29) is 28.0 Å². The average Bonchev–Trinajstić information content (AvgIpc) is 3.11. The topological polar surface area (TPSA) is 92.5 Å². The van der Waals surface area contributed by atoms with Crippen LogP contribution in [0, 0.1) is 15.5 Å². The summed E-state index contributed by atoms with van der Waals surface area (Å²) in [5.41, 5.74) is -0.873. The Balaban J connectivity index is 2.22. The van der Waals surface area contributed by atoms with Crippen LogP contribution in [0.4, 0.5) is 11.4 Å². The van der Waals surface area contributed by atoms with Gasteiger partial charge in [-0.2, -0.15) is 0 Å². The average molecular weight is 305 g/mol. The van der Waals surface area contributed by atoms with Crippen molar-refractivity contribution in [2.45, 2.75) is 12.8 Å². The van der Waals surface area contributed by atoms with Gasteiger partial charge in [0, 0.05) is 12.6 Å². The highest BCUT2D eigenvalue weighted by molar-refractivity contribution is 6.42. The van der Waals surface area contributed by atoms with E-state index in [1.807, 2.05) is 0 Å². The van der Waals surface area contributed by atoms with E-state index in [1.54, 1.807) is 0 Å². The van der Waals surface area contributed by atoms with Gasteiger partial charge in [0.1, 0.15) is 5.69 Å². The molecule has 19 heavy (non-hydrogen) atoms. The number of carboxylic acids is 1. The van der Waals surface area contributed by atoms with Crippen LogP contribution in [0.2, 0.25) is 10.0 Å². The minimum absolute atomic E-state index is 0.0817. The number of nitrogens with one attached hydrogen (secondary N) is 1. The van der Waals surface area contributed by atoms with E-state index in [0.717, 1.165) is 6.07 Å². The van der Waals surface area contributed by atoms with Gasteiger partial charge in [-0.25, -0.2) is 0 Å². The summed E-state index contributed by atoms with van der Waals surface area (Å²) in [5, 5.41) is 23.0. The van der Waals surface area contributed by atoms with Gasteiger partial charge >= 0.3 is 5.97 Å². The Morgan fingerprint density at radius 3 is 2.47 bits per heavy atom. The number of halogens is 2. The van der Waals surface area contributed by atoms with Crippen LogP contribution in [0.15, 0.2) is 12.1 Å². The molecule has 0 aliphatic heterocycles. The molecule has 1 aliphatic rings. The van der Waals surface area contributed by atoms with E-state index in [0.29, 0.717) is 12.8 Å². The van der Waals surface area contributed by atoms with Crippen molar-refractivity contribution in [3.63, 3.8) is 0 Å². The molecule has 1 aromatic carbocycles. The molecule has 0 bridgehead atoms. The van der Waals surface area contributed by atoms with Crippen LogP contribution >= 0.6 is 23.2 Å². The van der Waals surface area contributed by atoms with Gasteiger partial charge in [0.15, 0.2) is 0 Å². The van der Waals surface area contributed by atoms with E-state index in [9.17, 15) is 14.9 Å². The van der Waals surface area contributed by atoms with Crippen molar-refractivity contribution in [3.8, 4) is 0 Å². The van der Waals surface area contributed by atoms with Crippen LogP contribution in [0.1, 0.15) is 12.8 Å². The van der Waals surface area contributed by atoms with Gasteiger partial charge < -0.3 is 10.4 Å². The van der Waals surface area contributed by atoms with Gasteiger partial charge in [-0.1, -0.05) is 23.2 Å². The van der Waals surface area contributed by atoms with Crippen molar-refractivity contribution in [1.29, 1.82) is 0 Å². The smallest absolute Gasteiger partial charge is 0.311 e. The number of carboxylic acid groups (broad SMARTS) is 1. The Kier molecular flexibility index (Phi) is 3.56. The second-order valence-electron chi connectivity index (χ2n) is 4.48. The Hall–Kier alpha value is -1.53. The number of hydrogen-bond donors (Lipinski definition) is 2. The minimum Gasteiger partial charge on any atom is -0.481 e. The third-order valence-corrected chi connectivity index (χ3v) is 3.88. The van der Waals surface area contributed by atoms with E-state index in [1.165, 1.54) is 6.07 Å². The quantitative estimate of drug-likeness (QED) is 0.644. The molecule has 0 amide bonds. The fourth-order valence-electron chi connectivity index (χ4n) is 1.71. The maximum atomic E-state index is 11.0. The molecule has 0 unspecified atom stereocenters. The summed E-state index contributed by atoms with van der Waals surface area (Å²) < 4.78 is 0. The van der Waals surface area contributed by atoms with Crippen LogP contribution in [-0.2, 0) is 4.79 Å². The molecule has 6 nitrogen and oxygen atoms in total. The van der Waals surface area contributed by atoms with Crippen LogP contribution in [-0.4, -0.2) is 22.5 Å². The number of carbonyl (C=O) groups is 1. The molecule has 8 heteroatoms. The third kappa shape index (κ3) is 2.74.